The van der Waals surface area contributed by atoms with E-state index in [0.29, 0.717) is 32.6 Å². The molecule has 1 spiro atoms. The van der Waals surface area contributed by atoms with Gasteiger partial charge < -0.3 is 25.3 Å². The summed E-state index contributed by atoms with van der Waals surface area (Å²) in [5, 5.41) is 6.25. The summed E-state index contributed by atoms with van der Waals surface area (Å²) < 4.78 is 0. The van der Waals surface area contributed by atoms with Crippen LogP contribution in [0.2, 0.25) is 0 Å². The molecule has 38 heavy (non-hydrogen) atoms. The number of carbonyl (C=O) groups excluding carboxylic acids is 3. The van der Waals surface area contributed by atoms with Crippen molar-refractivity contribution in [3.8, 4) is 0 Å². The second kappa shape index (κ2) is 11.5. The molecule has 2 aromatic rings. The number of hydrogen-bond donors (Lipinski definition) is 2. The molecule has 202 valence electrons. The van der Waals surface area contributed by atoms with E-state index >= 15 is 0 Å². The lowest BCUT2D eigenvalue weighted by molar-refractivity contribution is -0.137. The maximum absolute atomic E-state index is 13.9. The Kier molecular flexibility index (Phi) is 7.86. The Morgan fingerprint density at radius 2 is 1.58 bits per heavy atom. The lowest BCUT2D eigenvalue weighted by Gasteiger charge is -2.43. The van der Waals surface area contributed by atoms with E-state index < -0.39 is 5.54 Å². The predicted octanol–water partition coefficient (Wildman–Crippen LogP) is 4.05. The van der Waals surface area contributed by atoms with Crippen molar-refractivity contribution >= 4 is 23.5 Å². The van der Waals surface area contributed by atoms with Crippen LogP contribution in [0.1, 0.15) is 63.5 Å². The van der Waals surface area contributed by atoms with Crippen LogP contribution in [0.15, 0.2) is 60.7 Å². The van der Waals surface area contributed by atoms with E-state index in [1.165, 1.54) is 19.3 Å². The van der Waals surface area contributed by atoms with Gasteiger partial charge in [0, 0.05) is 24.8 Å². The zero-order valence-corrected chi connectivity index (χ0v) is 22.3. The van der Waals surface area contributed by atoms with Crippen LogP contribution in [0.4, 0.5) is 10.5 Å². The Morgan fingerprint density at radius 3 is 2.24 bits per heavy atom. The van der Waals surface area contributed by atoms with Crippen LogP contribution in [0.3, 0.4) is 0 Å². The summed E-state index contributed by atoms with van der Waals surface area (Å²) in [7, 11) is 0. The van der Waals surface area contributed by atoms with Gasteiger partial charge >= 0.3 is 6.03 Å². The molecular formula is C30H39N5O3. The third-order valence-corrected chi connectivity index (χ3v) is 8.40. The van der Waals surface area contributed by atoms with Gasteiger partial charge in [-0.05, 0) is 50.3 Å². The van der Waals surface area contributed by atoms with Crippen LogP contribution in [0.25, 0.3) is 0 Å². The molecule has 0 aromatic heterocycles. The van der Waals surface area contributed by atoms with Gasteiger partial charge in [-0.15, -0.1) is 0 Å². The van der Waals surface area contributed by atoms with Gasteiger partial charge in [-0.3, -0.25) is 9.59 Å². The van der Waals surface area contributed by atoms with Crippen molar-refractivity contribution in [2.24, 2.45) is 0 Å². The maximum atomic E-state index is 13.9. The molecule has 1 atom stereocenters. The highest BCUT2D eigenvalue weighted by molar-refractivity contribution is 5.96. The van der Waals surface area contributed by atoms with E-state index in [-0.39, 0.29) is 36.5 Å². The molecule has 4 amide bonds. The Hall–Kier alpha value is -3.55. The van der Waals surface area contributed by atoms with Crippen LogP contribution in [0.5, 0.6) is 0 Å². The van der Waals surface area contributed by atoms with Crippen LogP contribution in [0, 0.1) is 0 Å². The molecule has 0 radical (unpaired) electrons. The van der Waals surface area contributed by atoms with Crippen molar-refractivity contribution in [2.45, 2.75) is 69.5 Å². The summed E-state index contributed by atoms with van der Waals surface area (Å²) in [6.07, 6.45) is 6.75. The number of carbonyl (C=O) groups is 3. The van der Waals surface area contributed by atoms with Gasteiger partial charge in [-0.1, -0.05) is 67.8 Å². The summed E-state index contributed by atoms with van der Waals surface area (Å²) in [5.74, 6) is -0.208. The van der Waals surface area contributed by atoms with Crippen molar-refractivity contribution in [3.05, 3.63) is 66.2 Å². The number of hydrogen-bond acceptors (Lipinski definition) is 4. The van der Waals surface area contributed by atoms with Crippen molar-refractivity contribution in [1.29, 1.82) is 0 Å². The number of likely N-dealkylation sites (tertiary alicyclic amines) is 1. The van der Waals surface area contributed by atoms with Crippen molar-refractivity contribution in [1.82, 2.24) is 20.4 Å². The van der Waals surface area contributed by atoms with Gasteiger partial charge in [0.2, 0.25) is 5.91 Å². The Bertz CT molecular complexity index is 1110. The number of piperidine rings is 1. The molecule has 2 aliphatic heterocycles. The predicted molar refractivity (Wildman–Crippen MR) is 147 cm³/mol. The number of benzene rings is 2. The molecule has 2 aromatic carbocycles. The average Bonchev–Trinajstić information content (AvgIpc) is 3.21. The zero-order chi connectivity index (χ0) is 26.5. The van der Waals surface area contributed by atoms with Crippen molar-refractivity contribution < 1.29 is 14.4 Å². The van der Waals surface area contributed by atoms with Gasteiger partial charge in [-0.25, -0.2) is 4.79 Å². The highest BCUT2D eigenvalue weighted by Crippen LogP contribution is 2.39. The van der Waals surface area contributed by atoms with E-state index in [2.05, 4.69) is 15.5 Å². The van der Waals surface area contributed by atoms with E-state index in [4.69, 9.17) is 0 Å². The summed E-state index contributed by atoms with van der Waals surface area (Å²) in [6.45, 7) is 3.33. The van der Waals surface area contributed by atoms with E-state index in [0.717, 1.165) is 24.1 Å². The molecule has 2 N–H and O–H groups in total. The molecule has 3 fully saturated rings. The Balaban J connectivity index is 1.26. The first-order valence-corrected chi connectivity index (χ1v) is 14.0. The molecule has 5 rings (SSSR count). The summed E-state index contributed by atoms with van der Waals surface area (Å²) in [5.41, 5.74) is 1.23. The molecule has 2 saturated heterocycles. The molecule has 0 unspecified atom stereocenters. The fourth-order valence-electron chi connectivity index (χ4n) is 6.20. The van der Waals surface area contributed by atoms with Gasteiger partial charge in [0.1, 0.15) is 12.1 Å². The molecular weight excluding hydrogens is 478 g/mol. The number of rotatable bonds is 6. The first kappa shape index (κ1) is 26.1. The third kappa shape index (κ3) is 5.49. The topological polar surface area (TPSA) is 85.0 Å². The smallest absolute Gasteiger partial charge is 0.317 e. The first-order valence-electron chi connectivity index (χ1n) is 14.0. The summed E-state index contributed by atoms with van der Waals surface area (Å²) >= 11 is 0. The highest BCUT2D eigenvalue weighted by atomic mass is 16.2. The average molecular weight is 518 g/mol. The summed E-state index contributed by atoms with van der Waals surface area (Å²) in [4.78, 5) is 45.6. The fourth-order valence-corrected chi connectivity index (χ4v) is 6.20. The lowest BCUT2D eigenvalue weighted by Crippen LogP contribution is -2.59. The molecule has 2 heterocycles. The van der Waals surface area contributed by atoms with Crippen molar-refractivity contribution in [3.63, 3.8) is 0 Å². The maximum Gasteiger partial charge on any atom is 0.317 e. The van der Waals surface area contributed by atoms with Gasteiger partial charge in [0.05, 0.1) is 12.7 Å². The SMILES string of the molecule is C[C@@H](NC(=O)CN1CN(c2ccccc2)C2(CCN(C(=O)NC3CCCCC3)CC2)C1=O)c1ccccc1. The van der Waals surface area contributed by atoms with Crippen LogP contribution in [-0.4, -0.2) is 65.5 Å². The molecule has 1 aliphatic carbocycles. The van der Waals surface area contributed by atoms with Crippen LogP contribution >= 0.6 is 0 Å². The minimum absolute atomic E-state index is 0.00692. The van der Waals surface area contributed by atoms with Crippen LogP contribution in [-0.2, 0) is 9.59 Å². The standard InChI is InChI=1S/C30H39N5O3/c1-23(24-11-5-2-6-12-24)31-27(36)21-34-22-35(26-15-9-4-10-16-26)30(28(34)37)17-19-33(20-18-30)29(38)32-25-13-7-3-8-14-25/h2,4-6,9-12,15-16,23,25H,3,7-8,13-14,17-22H2,1H3,(H,31,36)(H,32,38)/t23-/m1/s1. The van der Waals surface area contributed by atoms with E-state index in [1.807, 2.05) is 72.5 Å². The second-order valence-electron chi connectivity index (χ2n) is 10.9. The largest absolute Gasteiger partial charge is 0.348 e. The lowest BCUT2D eigenvalue weighted by atomic mass is 9.85. The number of nitrogens with one attached hydrogen (secondary N) is 2. The third-order valence-electron chi connectivity index (χ3n) is 8.40. The van der Waals surface area contributed by atoms with Gasteiger partial charge in [0.25, 0.3) is 5.91 Å². The minimum atomic E-state index is -0.756. The number of para-hydroxylation sites is 1. The number of anilines is 1. The second-order valence-corrected chi connectivity index (χ2v) is 10.9. The molecule has 8 nitrogen and oxygen atoms in total. The molecule has 3 aliphatic rings. The Morgan fingerprint density at radius 1 is 0.947 bits per heavy atom. The molecule has 8 heteroatoms. The normalized spacial score (nSPS) is 20.4. The number of urea groups is 1. The summed E-state index contributed by atoms with van der Waals surface area (Å²) in [6, 6.07) is 19.8. The number of amides is 4. The Labute approximate surface area is 225 Å². The monoisotopic (exact) mass is 517 g/mol. The zero-order valence-electron chi connectivity index (χ0n) is 22.3. The van der Waals surface area contributed by atoms with E-state index in [9.17, 15) is 14.4 Å². The first-order chi connectivity index (χ1) is 18.5. The van der Waals surface area contributed by atoms with Crippen LogP contribution < -0.4 is 15.5 Å². The van der Waals surface area contributed by atoms with E-state index in [1.54, 1.807) is 4.90 Å². The van der Waals surface area contributed by atoms with Gasteiger partial charge in [-0.2, -0.15) is 0 Å². The quantitative estimate of drug-likeness (QED) is 0.606. The fraction of sp³-hybridized carbons (Fsp3) is 0.500. The minimum Gasteiger partial charge on any atom is -0.348 e. The molecule has 1 saturated carbocycles. The van der Waals surface area contributed by atoms with Crippen molar-refractivity contribution in [2.75, 3.05) is 31.2 Å². The molecule has 0 bridgehead atoms. The number of nitrogens with zero attached hydrogens (tertiary/aromatic N) is 3. The highest BCUT2D eigenvalue weighted by Gasteiger charge is 2.54. The van der Waals surface area contributed by atoms with Gasteiger partial charge in [0.15, 0.2) is 0 Å².